The van der Waals surface area contributed by atoms with E-state index in [1.807, 2.05) is 12.1 Å². The number of allylic oxidation sites excluding steroid dienone is 1. The van der Waals surface area contributed by atoms with E-state index in [0.717, 1.165) is 32.1 Å². The highest BCUT2D eigenvalue weighted by molar-refractivity contribution is 5.17. The SMILES string of the molecule is C=CCCC(CCCC)NOC(CCC)c1ccccc1. The first-order valence-electron chi connectivity index (χ1n) is 8.38. The Labute approximate surface area is 130 Å². The second-order valence-electron chi connectivity index (χ2n) is 5.63. The highest BCUT2D eigenvalue weighted by Crippen LogP contribution is 2.22. The fourth-order valence-electron chi connectivity index (χ4n) is 2.43. The molecule has 2 heteroatoms. The van der Waals surface area contributed by atoms with E-state index in [1.54, 1.807) is 0 Å². The van der Waals surface area contributed by atoms with Crippen molar-refractivity contribution in [3.63, 3.8) is 0 Å². The van der Waals surface area contributed by atoms with Crippen LogP contribution in [0.3, 0.4) is 0 Å². The smallest absolute Gasteiger partial charge is 0.104 e. The lowest BCUT2D eigenvalue weighted by atomic mass is 10.0. The van der Waals surface area contributed by atoms with Crippen molar-refractivity contribution < 1.29 is 4.84 Å². The lowest BCUT2D eigenvalue weighted by molar-refractivity contribution is -0.0527. The molecular weight excluding hydrogens is 258 g/mol. The summed E-state index contributed by atoms with van der Waals surface area (Å²) < 4.78 is 0. The van der Waals surface area contributed by atoms with E-state index >= 15 is 0 Å². The molecule has 0 radical (unpaired) electrons. The number of hydrogen-bond donors (Lipinski definition) is 1. The van der Waals surface area contributed by atoms with E-state index in [-0.39, 0.29) is 6.10 Å². The first-order valence-corrected chi connectivity index (χ1v) is 8.38. The Kier molecular flexibility index (Phi) is 9.84. The van der Waals surface area contributed by atoms with Crippen LogP contribution in [0.1, 0.15) is 70.5 Å². The highest BCUT2D eigenvalue weighted by atomic mass is 16.7. The minimum absolute atomic E-state index is 0.143. The molecule has 0 spiro atoms. The van der Waals surface area contributed by atoms with Gasteiger partial charge in [-0.3, -0.25) is 4.84 Å². The van der Waals surface area contributed by atoms with Crippen molar-refractivity contribution in [2.75, 3.05) is 0 Å². The molecule has 0 bridgehead atoms. The average molecular weight is 289 g/mol. The molecule has 0 aromatic heterocycles. The van der Waals surface area contributed by atoms with Gasteiger partial charge in [0.2, 0.25) is 0 Å². The quantitative estimate of drug-likeness (QED) is 0.401. The van der Waals surface area contributed by atoms with Gasteiger partial charge in [-0.15, -0.1) is 6.58 Å². The van der Waals surface area contributed by atoms with Crippen LogP contribution in [0, 0.1) is 0 Å². The number of hydroxylamine groups is 1. The standard InChI is InChI=1S/C19H31NO/c1-4-7-15-18(16-8-5-2)20-21-19(12-6-3)17-13-10-9-11-14-17/h4,9-11,13-14,18-20H,1,5-8,12,15-16H2,2-3H3. The van der Waals surface area contributed by atoms with Gasteiger partial charge in [0.1, 0.15) is 6.10 Å². The van der Waals surface area contributed by atoms with Gasteiger partial charge >= 0.3 is 0 Å². The third-order valence-corrected chi connectivity index (χ3v) is 3.72. The molecule has 118 valence electrons. The van der Waals surface area contributed by atoms with E-state index < -0.39 is 0 Å². The molecule has 0 aliphatic heterocycles. The zero-order chi connectivity index (χ0) is 15.3. The fourth-order valence-corrected chi connectivity index (χ4v) is 2.43. The second-order valence-corrected chi connectivity index (χ2v) is 5.63. The van der Waals surface area contributed by atoms with Crippen molar-refractivity contribution >= 4 is 0 Å². The van der Waals surface area contributed by atoms with Crippen molar-refractivity contribution in [1.82, 2.24) is 5.48 Å². The molecule has 0 heterocycles. The first-order chi connectivity index (χ1) is 10.3. The molecule has 1 aromatic carbocycles. The Morgan fingerprint density at radius 1 is 1.10 bits per heavy atom. The second kappa shape index (κ2) is 11.5. The lowest BCUT2D eigenvalue weighted by Gasteiger charge is -2.23. The molecule has 0 aliphatic rings. The van der Waals surface area contributed by atoms with E-state index in [9.17, 15) is 0 Å². The highest BCUT2D eigenvalue weighted by Gasteiger charge is 2.14. The van der Waals surface area contributed by atoms with Crippen LogP contribution in [-0.4, -0.2) is 6.04 Å². The Bertz CT molecular complexity index is 363. The summed E-state index contributed by atoms with van der Waals surface area (Å²) in [7, 11) is 0. The fraction of sp³-hybridized carbons (Fsp3) is 0.579. The molecule has 1 aromatic rings. The van der Waals surface area contributed by atoms with Crippen molar-refractivity contribution in [1.29, 1.82) is 0 Å². The monoisotopic (exact) mass is 289 g/mol. The number of unbranched alkanes of at least 4 members (excludes halogenated alkanes) is 1. The zero-order valence-electron chi connectivity index (χ0n) is 13.7. The molecule has 2 unspecified atom stereocenters. The molecule has 21 heavy (non-hydrogen) atoms. The predicted molar refractivity (Wildman–Crippen MR) is 91.1 cm³/mol. The Hall–Kier alpha value is -1.12. The minimum Gasteiger partial charge on any atom is -0.293 e. The lowest BCUT2D eigenvalue weighted by Crippen LogP contribution is -2.30. The van der Waals surface area contributed by atoms with E-state index in [0.29, 0.717) is 6.04 Å². The minimum atomic E-state index is 0.143. The molecule has 2 atom stereocenters. The summed E-state index contributed by atoms with van der Waals surface area (Å²) in [6.45, 7) is 8.25. The zero-order valence-corrected chi connectivity index (χ0v) is 13.7. The largest absolute Gasteiger partial charge is 0.293 e. The van der Waals surface area contributed by atoms with E-state index in [4.69, 9.17) is 4.84 Å². The average Bonchev–Trinajstić information content (AvgIpc) is 2.53. The van der Waals surface area contributed by atoms with Crippen LogP contribution in [0.15, 0.2) is 43.0 Å². The van der Waals surface area contributed by atoms with Gasteiger partial charge in [-0.25, -0.2) is 0 Å². The Balaban J connectivity index is 2.53. The van der Waals surface area contributed by atoms with Gasteiger partial charge in [0.05, 0.1) is 0 Å². The van der Waals surface area contributed by atoms with Crippen molar-refractivity contribution in [3.05, 3.63) is 48.6 Å². The van der Waals surface area contributed by atoms with Gasteiger partial charge < -0.3 is 0 Å². The van der Waals surface area contributed by atoms with Crippen molar-refractivity contribution in [2.45, 2.75) is 70.9 Å². The summed E-state index contributed by atoms with van der Waals surface area (Å²) in [6, 6.07) is 10.9. The number of benzene rings is 1. The number of rotatable bonds is 12. The Morgan fingerprint density at radius 2 is 1.86 bits per heavy atom. The summed E-state index contributed by atoms with van der Waals surface area (Å²) in [5.74, 6) is 0. The van der Waals surface area contributed by atoms with Crippen molar-refractivity contribution in [2.24, 2.45) is 0 Å². The van der Waals surface area contributed by atoms with E-state index in [1.165, 1.54) is 18.4 Å². The van der Waals surface area contributed by atoms with Gasteiger partial charge in [0, 0.05) is 6.04 Å². The normalized spacial score (nSPS) is 13.8. The Morgan fingerprint density at radius 3 is 2.48 bits per heavy atom. The molecule has 0 saturated carbocycles. The predicted octanol–water partition coefficient (Wildman–Crippen LogP) is 5.57. The van der Waals surface area contributed by atoms with Crippen LogP contribution in [0.2, 0.25) is 0 Å². The topological polar surface area (TPSA) is 21.3 Å². The van der Waals surface area contributed by atoms with Crippen LogP contribution in [0.25, 0.3) is 0 Å². The number of hydrogen-bond acceptors (Lipinski definition) is 2. The van der Waals surface area contributed by atoms with Gasteiger partial charge in [-0.1, -0.05) is 69.5 Å². The van der Waals surface area contributed by atoms with E-state index in [2.05, 4.69) is 50.2 Å². The molecule has 0 aliphatic carbocycles. The molecule has 1 N–H and O–H groups in total. The maximum absolute atomic E-state index is 6.04. The van der Waals surface area contributed by atoms with Crippen molar-refractivity contribution in [3.8, 4) is 0 Å². The molecule has 2 nitrogen and oxygen atoms in total. The van der Waals surface area contributed by atoms with Gasteiger partial charge in [-0.05, 0) is 31.2 Å². The van der Waals surface area contributed by atoms with Gasteiger partial charge in [0.25, 0.3) is 0 Å². The van der Waals surface area contributed by atoms with Crippen LogP contribution in [0.4, 0.5) is 0 Å². The van der Waals surface area contributed by atoms with Crippen LogP contribution in [-0.2, 0) is 4.84 Å². The molecular formula is C19H31NO. The third-order valence-electron chi connectivity index (χ3n) is 3.72. The van der Waals surface area contributed by atoms with Crippen LogP contribution >= 0.6 is 0 Å². The molecule has 0 amide bonds. The number of nitrogens with one attached hydrogen (secondary N) is 1. The third kappa shape index (κ3) is 7.45. The summed E-state index contributed by atoms with van der Waals surface area (Å²) in [6.07, 6.45) is 10.0. The molecule has 0 saturated heterocycles. The molecule has 0 fully saturated rings. The summed E-state index contributed by atoms with van der Waals surface area (Å²) in [5, 5.41) is 0. The first kappa shape index (κ1) is 17.9. The van der Waals surface area contributed by atoms with Crippen LogP contribution in [0.5, 0.6) is 0 Å². The molecule has 1 rings (SSSR count). The van der Waals surface area contributed by atoms with Gasteiger partial charge in [-0.2, -0.15) is 5.48 Å². The summed E-state index contributed by atoms with van der Waals surface area (Å²) >= 11 is 0. The summed E-state index contributed by atoms with van der Waals surface area (Å²) in [4.78, 5) is 6.04. The maximum atomic E-state index is 6.04. The maximum Gasteiger partial charge on any atom is 0.104 e. The van der Waals surface area contributed by atoms with Gasteiger partial charge in [0.15, 0.2) is 0 Å². The van der Waals surface area contributed by atoms with Crippen LogP contribution < -0.4 is 5.48 Å². The summed E-state index contributed by atoms with van der Waals surface area (Å²) in [5.41, 5.74) is 4.58.